The molecule has 7 rings (SSSR count). The van der Waals surface area contributed by atoms with E-state index in [0.29, 0.717) is 59.9 Å². The Morgan fingerprint density at radius 3 is 2.55 bits per heavy atom. The Morgan fingerprint density at radius 1 is 1.00 bits per heavy atom. The van der Waals surface area contributed by atoms with Gasteiger partial charge in [0.25, 0.3) is 0 Å². The van der Waals surface area contributed by atoms with Crippen LogP contribution in [0.15, 0.2) is 66.9 Å². The molecule has 4 heterocycles. The Kier molecular flexibility index (Phi) is 11.4. The number of amides is 2. The van der Waals surface area contributed by atoms with Crippen LogP contribution in [0, 0.1) is 0 Å². The van der Waals surface area contributed by atoms with Crippen LogP contribution >= 0.6 is 11.6 Å². The van der Waals surface area contributed by atoms with Crippen LogP contribution in [0.1, 0.15) is 88.8 Å². The summed E-state index contributed by atoms with van der Waals surface area (Å²) in [4.78, 5) is 36.0. The summed E-state index contributed by atoms with van der Waals surface area (Å²) in [5, 5.41) is 18.3. The fraction of sp³-hybridized carbons (Fsp3) is 0.439. The molecule has 2 aliphatic rings. The summed E-state index contributed by atoms with van der Waals surface area (Å²) in [6.45, 7) is 10.6. The van der Waals surface area contributed by atoms with Crippen LogP contribution in [0.4, 0.5) is 16.6 Å². The minimum Gasteiger partial charge on any atom is -0.492 e. The highest BCUT2D eigenvalue weighted by Crippen LogP contribution is 2.40. The molecule has 15 heteroatoms. The van der Waals surface area contributed by atoms with Gasteiger partial charge in [-0.2, -0.15) is 5.10 Å². The monoisotopic (exact) mass is 783 g/mol. The predicted molar refractivity (Wildman–Crippen MR) is 215 cm³/mol. The van der Waals surface area contributed by atoms with Crippen molar-refractivity contribution in [1.29, 1.82) is 0 Å². The number of anilines is 2. The number of hydroxylamine groups is 1. The molecule has 14 nitrogen and oxygen atoms in total. The molecule has 5 aromatic rings. The lowest BCUT2D eigenvalue weighted by Crippen LogP contribution is -2.43. The molecule has 1 N–H and O–H groups in total. The molecule has 2 amide bonds. The van der Waals surface area contributed by atoms with Gasteiger partial charge >= 0.3 is 12.5 Å². The summed E-state index contributed by atoms with van der Waals surface area (Å²) in [5.74, 6) is 2.28. The third-order valence-corrected chi connectivity index (χ3v) is 10.6. The number of carbonyl (C=O) groups excluding carboxylic acids is 2. The Bertz CT molecular complexity index is 2180. The van der Waals surface area contributed by atoms with Crippen molar-refractivity contribution in [1.82, 2.24) is 34.6 Å². The van der Waals surface area contributed by atoms with Crippen LogP contribution in [-0.2, 0) is 15.0 Å². The van der Waals surface area contributed by atoms with E-state index in [1.54, 1.807) is 24.3 Å². The van der Waals surface area contributed by atoms with E-state index in [0.717, 1.165) is 47.2 Å². The molecule has 3 aromatic heterocycles. The normalized spacial score (nSPS) is 18.4. The van der Waals surface area contributed by atoms with E-state index in [-0.39, 0.29) is 18.4 Å². The molecule has 1 aliphatic heterocycles. The lowest BCUT2D eigenvalue weighted by Gasteiger charge is -2.34. The number of benzene rings is 2. The number of halogens is 1. The molecule has 0 saturated carbocycles. The van der Waals surface area contributed by atoms with Crippen LogP contribution in [0.5, 0.6) is 11.5 Å². The van der Waals surface area contributed by atoms with Crippen molar-refractivity contribution in [2.45, 2.75) is 83.4 Å². The number of carbonyl (C=O) groups is 2. The number of piperidine rings is 1. The van der Waals surface area contributed by atoms with E-state index in [1.165, 1.54) is 11.1 Å². The van der Waals surface area contributed by atoms with Gasteiger partial charge in [0.1, 0.15) is 24.2 Å². The Labute approximate surface area is 332 Å². The summed E-state index contributed by atoms with van der Waals surface area (Å²) < 4.78 is 16.2. The number of fused-ring (bicyclic) bond motifs is 2. The number of hydrogen-bond donors (Lipinski definition) is 1. The van der Waals surface area contributed by atoms with E-state index in [2.05, 4.69) is 27.3 Å². The SMILES string of the molecule is C[C@H]1CCCCN1c1nnc2ccc(O[C@@H]3CC[C@H](NC(=O)N(OC=O)c4cc(C(C)(C)C)nn4-c4cc(Cl)cc(OCCN(C)C)c4)c4ccccc43)cn12. The van der Waals surface area contributed by atoms with Gasteiger partial charge in [0.2, 0.25) is 5.95 Å². The zero-order valence-electron chi connectivity index (χ0n) is 32.8. The summed E-state index contributed by atoms with van der Waals surface area (Å²) in [6.07, 6.45) is 6.36. The Balaban J connectivity index is 1.14. The molecule has 1 fully saturated rings. The van der Waals surface area contributed by atoms with Gasteiger partial charge in [-0.05, 0) is 88.5 Å². The number of nitrogens with zero attached hydrogens (tertiary/aromatic N) is 8. The van der Waals surface area contributed by atoms with Crippen molar-refractivity contribution in [3.8, 4) is 17.2 Å². The number of pyridine rings is 1. The summed E-state index contributed by atoms with van der Waals surface area (Å²) in [5.41, 5.74) is 3.42. The molecule has 2 aromatic carbocycles. The second kappa shape index (κ2) is 16.4. The Hall–Kier alpha value is -5.34. The van der Waals surface area contributed by atoms with Crippen molar-refractivity contribution in [2.24, 2.45) is 0 Å². The highest BCUT2D eigenvalue weighted by molar-refractivity contribution is 6.30. The maximum absolute atomic E-state index is 14.2. The molecule has 1 aliphatic carbocycles. The molecule has 0 bridgehead atoms. The molecular formula is C41H50ClN9O5. The van der Waals surface area contributed by atoms with Gasteiger partial charge in [0.05, 0.1) is 23.6 Å². The van der Waals surface area contributed by atoms with E-state index < -0.39 is 17.5 Å². The van der Waals surface area contributed by atoms with Gasteiger partial charge in [-0.25, -0.2) is 9.48 Å². The maximum Gasteiger partial charge on any atom is 0.357 e. The number of likely N-dealkylation sites (N-methyl/N-ethyl adjacent to an activating group) is 1. The van der Waals surface area contributed by atoms with E-state index in [9.17, 15) is 9.59 Å². The number of aromatic nitrogens is 5. The number of rotatable bonds is 12. The fourth-order valence-electron chi connectivity index (χ4n) is 7.34. The minimum atomic E-state index is -0.639. The van der Waals surface area contributed by atoms with Crippen LogP contribution in [-0.4, -0.2) is 81.6 Å². The number of urea groups is 1. The Morgan fingerprint density at radius 2 is 1.80 bits per heavy atom. The first kappa shape index (κ1) is 38.9. The summed E-state index contributed by atoms with van der Waals surface area (Å²) >= 11 is 6.57. The van der Waals surface area contributed by atoms with Gasteiger partial charge in [-0.3, -0.25) is 9.20 Å². The number of ether oxygens (including phenoxy) is 2. The molecule has 0 unspecified atom stereocenters. The van der Waals surface area contributed by atoms with Crippen molar-refractivity contribution in [3.05, 3.63) is 88.7 Å². The topological polar surface area (TPSA) is 132 Å². The number of nitrogens with one attached hydrogen (secondary N) is 1. The van der Waals surface area contributed by atoms with Gasteiger partial charge in [-0.1, -0.05) is 56.6 Å². The maximum atomic E-state index is 14.2. The van der Waals surface area contributed by atoms with Crippen LogP contribution < -0.4 is 24.8 Å². The third kappa shape index (κ3) is 8.41. The lowest BCUT2D eigenvalue weighted by molar-refractivity contribution is -0.129. The highest BCUT2D eigenvalue weighted by Gasteiger charge is 2.34. The van der Waals surface area contributed by atoms with Crippen LogP contribution in [0.25, 0.3) is 11.3 Å². The average molecular weight is 784 g/mol. The van der Waals surface area contributed by atoms with Crippen LogP contribution in [0.2, 0.25) is 5.02 Å². The molecule has 0 spiro atoms. The molecular weight excluding hydrogens is 734 g/mol. The van der Waals surface area contributed by atoms with Crippen LogP contribution in [0.3, 0.4) is 0 Å². The lowest BCUT2D eigenvalue weighted by atomic mass is 9.85. The van der Waals surface area contributed by atoms with Crippen molar-refractivity contribution in [2.75, 3.05) is 43.8 Å². The fourth-order valence-corrected chi connectivity index (χ4v) is 7.56. The smallest absolute Gasteiger partial charge is 0.357 e. The quantitative estimate of drug-likeness (QED) is 0.101. The second-order valence-corrected chi connectivity index (χ2v) is 16.2. The molecule has 0 radical (unpaired) electrons. The van der Waals surface area contributed by atoms with E-state index >= 15 is 0 Å². The van der Waals surface area contributed by atoms with E-state index in [4.69, 9.17) is 31.0 Å². The standard InChI is InChI=1S/C41H50ClN9O5/c1-27-11-9-10-18-48(27)39-45-44-37-17-14-30(25-49(37)39)56-35-16-15-34(32-12-7-8-13-33(32)35)43-40(53)51(55-26-52)38-24-36(41(2,3)4)46-50(38)29-21-28(42)22-31(23-29)54-20-19-47(5)6/h7-8,12-14,17,21-27,34-35H,9-11,15-16,18-20H2,1-6H3,(H,43,53)/t27-,34-,35+/m0/s1. The highest BCUT2D eigenvalue weighted by atomic mass is 35.5. The first-order chi connectivity index (χ1) is 26.9. The predicted octanol–water partition coefficient (Wildman–Crippen LogP) is 7.44. The van der Waals surface area contributed by atoms with Gasteiger partial charge in [0, 0.05) is 41.7 Å². The first-order valence-electron chi connectivity index (χ1n) is 19.2. The molecule has 56 heavy (non-hydrogen) atoms. The largest absolute Gasteiger partial charge is 0.492 e. The van der Waals surface area contributed by atoms with Gasteiger partial charge < -0.3 is 29.4 Å². The van der Waals surface area contributed by atoms with Crippen molar-refractivity contribution in [3.63, 3.8) is 0 Å². The molecule has 1 saturated heterocycles. The second-order valence-electron chi connectivity index (χ2n) is 15.8. The summed E-state index contributed by atoms with van der Waals surface area (Å²) in [7, 11) is 3.93. The van der Waals surface area contributed by atoms with Crippen molar-refractivity contribution < 1.29 is 23.9 Å². The minimum absolute atomic E-state index is 0.217. The zero-order chi connectivity index (χ0) is 39.6. The number of hydrogen-bond acceptors (Lipinski definition) is 10. The summed E-state index contributed by atoms with van der Waals surface area (Å²) in [6, 6.07) is 18.1. The van der Waals surface area contributed by atoms with Crippen molar-refractivity contribution >= 4 is 41.5 Å². The van der Waals surface area contributed by atoms with E-state index in [1.807, 2.05) is 86.8 Å². The van der Waals surface area contributed by atoms with Gasteiger partial charge in [-0.15, -0.1) is 15.3 Å². The van der Waals surface area contributed by atoms with Gasteiger partial charge in [0.15, 0.2) is 11.5 Å². The molecule has 296 valence electrons. The third-order valence-electron chi connectivity index (χ3n) is 10.3. The zero-order valence-corrected chi connectivity index (χ0v) is 33.6. The average Bonchev–Trinajstić information content (AvgIpc) is 3.80. The first-order valence-corrected chi connectivity index (χ1v) is 19.5. The molecule has 3 atom stereocenters.